The molecule has 0 fully saturated rings. The van der Waals surface area contributed by atoms with Gasteiger partial charge in [0.25, 0.3) is 0 Å². The molecule has 2 aromatic heterocycles. The minimum atomic E-state index is -1.06. The molecule has 34 heavy (non-hydrogen) atoms. The second-order valence-corrected chi connectivity index (χ2v) is 7.90. The summed E-state index contributed by atoms with van der Waals surface area (Å²) in [4.78, 5) is 19.5. The van der Waals surface area contributed by atoms with Crippen LogP contribution in [0.4, 0.5) is 5.82 Å². The summed E-state index contributed by atoms with van der Waals surface area (Å²) < 4.78 is 16.8. The maximum atomic E-state index is 10.8. The number of halogens is 1. The van der Waals surface area contributed by atoms with Crippen molar-refractivity contribution in [3.05, 3.63) is 65.1 Å². The van der Waals surface area contributed by atoms with Crippen molar-refractivity contribution in [2.75, 3.05) is 25.1 Å². The lowest BCUT2D eigenvalue weighted by molar-refractivity contribution is -0.139. The molecular formula is C25H24ClN3O5. The first-order chi connectivity index (χ1) is 16.5. The number of rotatable bonds is 10. The van der Waals surface area contributed by atoms with E-state index in [1.165, 1.54) is 6.33 Å². The number of aliphatic carboxylic acids is 1. The molecule has 0 saturated heterocycles. The molecule has 2 heterocycles. The Balaban J connectivity index is 1.48. The lowest BCUT2D eigenvalue weighted by Crippen LogP contribution is -2.10. The van der Waals surface area contributed by atoms with Gasteiger partial charge in [0, 0.05) is 29.1 Å². The molecular weight excluding hydrogens is 458 g/mol. The number of hydrogen-bond acceptors (Lipinski definition) is 7. The van der Waals surface area contributed by atoms with Crippen LogP contribution in [0.3, 0.4) is 0 Å². The SMILES string of the molecule is CCOc1cc(-c2cc(NCCc3c(C)oc4c(Cl)cccc34)ncn2)ccc1OCC(=O)O. The van der Waals surface area contributed by atoms with E-state index in [4.69, 9.17) is 30.6 Å². The van der Waals surface area contributed by atoms with Crippen molar-refractivity contribution in [1.82, 2.24) is 9.97 Å². The highest BCUT2D eigenvalue weighted by molar-refractivity contribution is 6.34. The number of nitrogens with one attached hydrogen (secondary N) is 1. The summed E-state index contributed by atoms with van der Waals surface area (Å²) in [5.41, 5.74) is 3.31. The number of carbonyl (C=O) groups is 1. The third-order valence-electron chi connectivity index (χ3n) is 5.21. The highest BCUT2D eigenvalue weighted by atomic mass is 35.5. The fraction of sp³-hybridized carbons (Fsp3) is 0.240. The number of hydrogen-bond donors (Lipinski definition) is 2. The van der Waals surface area contributed by atoms with Gasteiger partial charge in [-0.1, -0.05) is 23.7 Å². The van der Waals surface area contributed by atoms with Crippen molar-refractivity contribution < 1.29 is 23.8 Å². The van der Waals surface area contributed by atoms with Gasteiger partial charge in [0.2, 0.25) is 0 Å². The van der Waals surface area contributed by atoms with Gasteiger partial charge in [-0.25, -0.2) is 14.8 Å². The molecule has 4 rings (SSSR count). The molecule has 0 aliphatic rings. The van der Waals surface area contributed by atoms with E-state index in [2.05, 4.69) is 15.3 Å². The number of para-hydroxylation sites is 1. The molecule has 0 unspecified atom stereocenters. The largest absolute Gasteiger partial charge is 0.490 e. The summed E-state index contributed by atoms with van der Waals surface area (Å²) in [6.45, 7) is 4.40. The number of ether oxygens (including phenoxy) is 2. The van der Waals surface area contributed by atoms with Crippen LogP contribution < -0.4 is 14.8 Å². The summed E-state index contributed by atoms with van der Waals surface area (Å²) in [7, 11) is 0. The van der Waals surface area contributed by atoms with Crippen LogP contribution in [0, 0.1) is 6.92 Å². The van der Waals surface area contributed by atoms with E-state index in [0.717, 1.165) is 28.7 Å². The number of aromatic nitrogens is 2. The Labute approximate surface area is 201 Å². The Morgan fingerprint density at radius 2 is 2.00 bits per heavy atom. The van der Waals surface area contributed by atoms with Crippen LogP contribution in [0.1, 0.15) is 18.2 Å². The van der Waals surface area contributed by atoms with Crippen LogP contribution in [0.25, 0.3) is 22.2 Å². The van der Waals surface area contributed by atoms with Gasteiger partial charge in [0.1, 0.15) is 17.9 Å². The van der Waals surface area contributed by atoms with Gasteiger partial charge in [-0.05, 0) is 44.5 Å². The van der Waals surface area contributed by atoms with Crippen molar-refractivity contribution in [2.45, 2.75) is 20.3 Å². The highest BCUT2D eigenvalue weighted by Gasteiger charge is 2.14. The predicted octanol–water partition coefficient (Wildman–Crippen LogP) is 5.37. The van der Waals surface area contributed by atoms with Gasteiger partial charge >= 0.3 is 5.97 Å². The van der Waals surface area contributed by atoms with E-state index >= 15 is 0 Å². The number of benzene rings is 2. The molecule has 2 aromatic carbocycles. The zero-order chi connectivity index (χ0) is 24.1. The molecule has 0 radical (unpaired) electrons. The summed E-state index contributed by atoms with van der Waals surface area (Å²) in [5, 5.41) is 13.8. The van der Waals surface area contributed by atoms with Crippen LogP contribution in [-0.4, -0.2) is 40.8 Å². The van der Waals surface area contributed by atoms with E-state index in [1.54, 1.807) is 18.2 Å². The molecule has 176 valence electrons. The topological polar surface area (TPSA) is 107 Å². The summed E-state index contributed by atoms with van der Waals surface area (Å²) >= 11 is 6.25. The summed E-state index contributed by atoms with van der Waals surface area (Å²) in [5.74, 6) is 1.29. The van der Waals surface area contributed by atoms with Crippen molar-refractivity contribution in [3.63, 3.8) is 0 Å². The third kappa shape index (κ3) is 5.23. The first-order valence-corrected chi connectivity index (χ1v) is 11.2. The molecule has 8 nitrogen and oxygen atoms in total. The Bertz CT molecular complexity index is 1320. The van der Waals surface area contributed by atoms with E-state index < -0.39 is 12.6 Å². The fourth-order valence-electron chi connectivity index (χ4n) is 3.69. The predicted molar refractivity (Wildman–Crippen MR) is 130 cm³/mol. The van der Waals surface area contributed by atoms with E-state index in [1.807, 2.05) is 38.1 Å². The van der Waals surface area contributed by atoms with E-state index in [9.17, 15) is 4.79 Å². The van der Waals surface area contributed by atoms with Crippen molar-refractivity contribution in [2.24, 2.45) is 0 Å². The normalized spacial score (nSPS) is 10.9. The average Bonchev–Trinajstić information content (AvgIpc) is 3.15. The number of carboxylic acids is 1. The van der Waals surface area contributed by atoms with E-state index in [0.29, 0.717) is 46.8 Å². The van der Waals surface area contributed by atoms with E-state index in [-0.39, 0.29) is 0 Å². The monoisotopic (exact) mass is 481 g/mol. The summed E-state index contributed by atoms with van der Waals surface area (Å²) in [6.07, 6.45) is 2.23. The first-order valence-electron chi connectivity index (χ1n) is 10.8. The molecule has 0 aliphatic heterocycles. The second-order valence-electron chi connectivity index (χ2n) is 7.50. The van der Waals surface area contributed by atoms with Crippen LogP contribution in [0.5, 0.6) is 11.5 Å². The molecule has 0 bridgehead atoms. The Kier molecular flexibility index (Phi) is 7.18. The van der Waals surface area contributed by atoms with Crippen LogP contribution in [-0.2, 0) is 11.2 Å². The molecule has 0 spiro atoms. The number of nitrogens with zero attached hydrogens (tertiary/aromatic N) is 2. The lowest BCUT2D eigenvalue weighted by Gasteiger charge is -2.13. The molecule has 0 atom stereocenters. The third-order valence-corrected chi connectivity index (χ3v) is 5.51. The first kappa shape index (κ1) is 23.4. The Hall–Kier alpha value is -3.78. The van der Waals surface area contributed by atoms with Crippen molar-refractivity contribution >= 4 is 34.4 Å². The zero-order valence-corrected chi connectivity index (χ0v) is 19.6. The molecule has 4 aromatic rings. The van der Waals surface area contributed by atoms with Gasteiger partial charge in [-0.15, -0.1) is 0 Å². The van der Waals surface area contributed by atoms with Gasteiger partial charge in [0.05, 0.1) is 17.3 Å². The number of fused-ring (bicyclic) bond motifs is 1. The molecule has 0 saturated carbocycles. The average molecular weight is 482 g/mol. The number of anilines is 1. The summed E-state index contributed by atoms with van der Waals surface area (Å²) in [6, 6.07) is 12.8. The lowest BCUT2D eigenvalue weighted by atomic mass is 10.1. The van der Waals surface area contributed by atoms with Crippen LogP contribution >= 0.6 is 11.6 Å². The number of furan rings is 1. The quantitative estimate of drug-likeness (QED) is 0.311. The molecule has 0 amide bonds. The fourth-order valence-corrected chi connectivity index (χ4v) is 3.90. The maximum absolute atomic E-state index is 10.8. The molecule has 2 N–H and O–H groups in total. The zero-order valence-electron chi connectivity index (χ0n) is 18.8. The van der Waals surface area contributed by atoms with Gasteiger partial charge < -0.3 is 24.3 Å². The van der Waals surface area contributed by atoms with Crippen molar-refractivity contribution in [1.29, 1.82) is 0 Å². The smallest absolute Gasteiger partial charge is 0.341 e. The minimum absolute atomic E-state index is 0.364. The Morgan fingerprint density at radius 1 is 1.15 bits per heavy atom. The van der Waals surface area contributed by atoms with Gasteiger partial charge in [0.15, 0.2) is 23.7 Å². The van der Waals surface area contributed by atoms with Crippen LogP contribution in [0.15, 0.2) is 53.2 Å². The number of carboxylic acid groups (broad SMARTS) is 1. The minimum Gasteiger partial charge on any atom is -0.490 e. The highest BCUT2D eigenvalue weighted by Crippen LogP contribution is 2.33. The Morgan fingerprint density at radius 3 is 2.79 bits per heavy atom. The standard InChI is InChI=1S/C25H24ClN3O5/c1-3-32-22-11-16(7-8-21(22)33-13-24(30)31)20-12-23(29-14-28-20)27-10-9-17-15(2)34-25-18(17)5-4-6-19(25)26/h4-8,11-12,14H,3,9-10,13H2,1-2H3,(H,30,31)(H,27,28,29). The molecule has 9 heteroatoms. The van der Waals surface area contributed by atoms with Crippen LogP contribution in [0.2, 0.25) is 5.02 Å². The maximum Gasteiger partial charge on any atom is 0.341 e. The van der Waals surface area contributed by atoms with Crippen molar-refractivity contribution in [3.8, 4) is 22.8 Å². The second kappa shape index (κ2) is 10.4. The van der Waals surface area contributed by atoms with Gasteiger partial charge in [-0.3, -0.25) is 0 Å². The molecule has 0 aliphatic carbocycles. The number of aryl methyl sites for hydroxylation is 1. The van der Waals surface area contributed by atoms with Gasteiger partial charge in [-0.2, -0.15) is 0 Å².